The second-order valence-electron chi connectivity index (χ2n) is 5.10. The molecule has 1 atom stereocenters. The fourth-order valence-electron chi connectivity index (χ4n) is 1.69. The minimum Gasteiger partial charge on any atom is -0.481 e. The monoisotopic (exact) mass is 291 g/mol. The molecule has 1 unspecified atom stereocenters. The molecule has 0 aromatic heterocycles. The van der Waals surface area contributed by atoms with Crippen molar-refractivity contribution in [1.82, 2.24) is 0 Å². The van der Waals surface area contributed by atoms with Gasteiger partial charge in [-0.2, -0.15) is 13.2 Å². The van der Waals surface area contributed by atoms with Gasteiger partial charge in [0.05, 0.1) is 17.6 Å². The molecule has 4 nitrogen and oxygen atoms in total. The molecule has 0 fully saturated rings. The smallest absolute Gasteiger partial charge is 0.416 e. The van der Waals surface area contributed by atoms with E-state index in [0.717, 1.165) is 12.1 Å². The van der Waals surface area contributed by atoms with E-state index >= 15 is 0 Å². The van der Waals surface area contributed by atoms with Crippen LogP contribution in [0.25, 0.3) is 0 Å². The topological polar surface area (TPSA) is 83.5 Å². The molecule has 1 aromatic carbocycles. The first-order valence-corrected chi connectivity index (χ1v) is 5.83. The quantitative estimate of drug-likeness (QED) is 0.795. The van der Waals surface area contributed by atoms with Gasteiger partial charge in [-0.3, -0.25) is 4.79 Å². The minimum absolute atomic E-state index is 0.0272. The lowest BCUT2D eigenvalue weighted by molar-refractivity contribution is -0.138. The van der Waals surface area contributed by atoms with Gasteiger partial charge in [-0.05, 0) is 37.1 Å². The summed E-state index contributed by atoms with van der Waals surface area (Å²) in [5.74, 6) is -1.21. The average molecular weight is 291 g/mol. The van der Waals surface area contributed by atoms with Crippen LogP contribution in [0.2, 0.25) is 0 Å². The molecule has 20 heavy (non-hydrogen) atoms. The van der Waals surface area contributed by atoms with E-state index in [2.05, 4.69) is 0 Å². The van der Waals surface area contributed by atoms with E-state index in [1.165, 1.54) is 19.9 Å². The summed E-state index contributed by atoms with van der Waals surface area (Å²) < 4.78 is 38.5. The SMILES string of the molecule is CC(C)(O)c1cc(C(N)CC(=O)O)cc(C(F)(F)F)c1. The van der Waals surface area contributed by atoms with Gasteiger partial charge in [0.15, 0.2) is 0 Å². The Morgan fingerprint density at radius 1 is 1.25 bits per heavy atom. The van der Waals surface area contributed by atoms with Crippen LogP contribution < -0.4 is 5.73 Å². The number of benzene rings is 1. The lowest BCUT2D eigenvalue weighted by Gasteiger charge is -2.22. The molecule has 0 radical (unpaired) electrons. The highest BCUT2D eigenvalue weighted by atomic mass is 19.4. The third kappa shape index (κ3) is 4.21. The van der Waals surface area contributed by atoms with Gasteiger partial charge in [0, 0.05) is 6.04 Å². The molecule has 0 amide bonds. The number of halogens is 3. The van der Waals surface area contributed by atoms with Crippen LogP contribution in [0.3, 0.4) is 0 Å². The third-order valence-electron chi connectivity index (χ3n) is 2.81. The van der Waals surface area contributed by atoms with Crippen molar-refractivity contribution in [2.24, 2.45) is 5.73 Å². The predicted molar refractivity (Wildman–Crippen MR) is 65.9 cm³/mol. The molecule has 112 valence electrons. The first-order valence-electron chi connectivity index (χ1n) is 5.83. The lowest BCUT2D eigenvalue weighted by Crippen LogP contribution is -2.21. The van der Waals surface area contributed by atoms with E-state index in [0.29, 0.717) is 0 Å². The molecule has 0 aliphatic rings. The van der Waals surface area contributed by atoms with Crippen molar-refractivity contribution in [3.63, 3.8) is 0 Å². The van der Waals surface area contributed by atoms with Gasteiger partial charge >= 0.3 is 12.1 Å². The number of aliphatic hydroxyl groups is 1. The number of carboxylic acids is 1. The number of hydrogen-bond acceptors (Lipinski definition) is 3. The van der Waals surface area contributed by atoms with Gasteiger partial charge in [0.25, 0.3) is 0 Å². The normalized spacial score (nSPS) is 14.2. The van der Waals surface area contributed by atoms with Crippen molar-refractivity contribution < 1.29 is 28.2 Å². The molecule has 0 saturated carbocycles. The van der Waals surface area contributed by atoms with E-state index < -0.39 is 35.8 Å². The summed E-state index contributed by atoms with van der Waals surface area (Å²) in [6.07, 6.45) is -5.09. The average Bonchev–Trinajstić information content (AvgIpc) is 2.25. The predicted octanol–water partition coefficient (Wildman–Crippen LogP) is 2.41. The van der Waals surface area contributed by atoms with Crippen LogP contribution in [0.15, 0.2) is 18.2 Å². The fourth-order valence-corrected chi connectivity index (χ4v) is 1.69. The van der Waals surface area contributed by atoms with Crippen molar-refractivity contribution in [1.29, 1.82) is 0 Å². The Bertz CT molecular complexity index is 474. The summed E-state index contributed by atoms with van der Waals surface area (Å²) in [5, 5.41) is 18.5. The molecule has 0 aliphatic heterocycles. The molecular weight excluding hydrogens is 275 g/mol. The van der Waals surface area contributed by atoms with Crippen LogP contribution in [0.1, 0.15) is 43.0 Å². The van der Waals surface area contributed by atoms with E-state index in [1.807, 2.05) is 0 Å². The van der Waals surface area contributed by atoms with Gasteiger partial charge < -0.3 is 15.9 Å². The zero-order chi connectivity index (χ0) is 15.7. The molecular formula is C13H16F3NO3. The Hall–Kier alpha value is -1.60. The molecule has 1 rings (SSSR count). The second-order valence-corrected chi connectivity index (χ2v) is 5.10. The van der Waals surface area contributed by atoms with Crippen LogP contribution in [0.5, 0.6) is 0 Å². The van der Waals surface area contributed by atoms with Crippen molar-refractivity contribution >= 4 is 5.97 Å². The summed E-state index contributed by atoms with van der Waals surface area (Å²) >= 11 is 0. The highest BCUT2D eigenvalue weighted by Crippen LogP contribution is 2.34. The highest BCUT2D eigenvalue weighted by molar-refractivity contribution is 5.68. The fraction of sp³-hybridized carbons (Fsp3) is 0.462. The first-order chi connectivity index (χ1) is 8.91. The van der Waals surface area contributed by atoms with Crippen LogP contribution in [0.4, 0.5) is 13.2 Å². The summed E-state index contributed by atoms with van der Waals surface area (Å²) in [6.45, 7) is 2.68. The van der Waals surface area contributed by atoms with Crippen molar-refractivity contribution in [3.8, 4) is 0 Å². The maximum Gasteiger partial charge on any atom is 0.416 e. The number of nitrogens with two attached hydrogens (primary N) is 1. The molecule has 0 bridgehead atoms. The molecule has 0 spiro atoms. The molecule has 1 aromatic rings. The summed E-state index contributed by atoms with van der Waals surface area (Å²) in [4.78, 5) is 10.6. The van der Waals surface area contributed by atoms with Gasteiger partial charge in [0.2, 0.25) is 0 Å². The summed E-state index contributed by atoms with van der Waals surface area (Å²) in [5.41, 5.74) is 3.20. The number of aliphatic carboxylic acids is 1. The van der Waals surface area contributed by atoms with E-state index in [9.17, 15) is 23.1 Å². The maximum atomic E-state index is 12.8. The Labute approximate surface area is 114 Å². The molecule has 0 heterocycles. The Balaban J connectivity index is 3.34. The largest absolute Gasteiger partial charge is 0.481 e. The number of alkyl halides is 3. The van der Waals surface area contributed by atoms with Gasteiger partial charge in [-0.1, -0.05) is 6.07 Å². The molecule has 0 saturated heterocycles. The van der Waals surface area contributed by atoms with Crippen molar-refractivity contribution in [2.45, 2.75) is 38.1 Å². The lowest BCUT2D eigenvalue weighted by atomic mass is 9.91. The molecule has 4 N–H and O–H groups in total. The van der Waals surface area contributed by atoms with Crippen LogP contribution in [0, 0.1) is 0 Å². The Morgan fingerprint density at radius 3 is 2.15 bits per heavy atom. The summed E-state index contributed by atoms with van der Waals surface area (Å²) in [6, 6.07) is 1.86. The first kappa shape index (κ1) is 16.5. The van der Waals surface area contributed by atoms with Crippen molar-refractivity contribution in [3.05, 3.63) is 34.9 Å². The van der Waals surface area contributed by atoms with Crippen LogP contribution >= 0.6 is 0 Å². The second kappa shape index (κ2) is 5.41. The Kier molecular flexibility index (Phi) is 4.45. The molecule has 7 heteroatoms. The van der Waals surface area contributed by atoms with E-state index in [4.69, 9.17) is 10.8 Å². The third-order valence-corrected chi connectivity index (χ3v) is 2.81. The number of carbonyl (C=O) groups is 1. The van der Waals surface area contributed by atoms with Gasteiger partial charge in [-0.25, -0.2) is 0 Å². The Morgan fingerprint density at radius 2 is 1.75 bits per heavy atom. The zero-order valence-corrected chi connectivity index (χ0v) is 11.0. The number of carboxylic acid groups (broad SMARTS) is 1. The standard InChI is InChI=1S/C13H16F3NO3/c1-12(2,20)8-3-7(10(17)6-11(18)19)4-9(5-8)13(14,15)16/h3-5,10,20H,6,17H2,1-2H3,(H,18,19). The van der Waals surface area contributed by atoms with Crippen LogP contribution in [-0.4, -0.2) is 16.2 Å². The maximum absolute atomic E-state index is 12.8. The minimum atomic E-state index is -4.60. The van der Waals surface area contributed by atoms with Crippen LogP contribution in [-0.2, 0) is 16.6 Å². The van der Waals surface area contributed by atoms with Gasteiger partial charge in [0.1, 0.15) is 0 Å². The summed E-state index contributed by atoms with van der Waals surface area (Å²) in [7, 11) is 0. The van der Waals surface area contributed by atoms with Crippen molar-refractivity contribution in [2.75, 3.05) is 0 Å². The highest BCUT2D eigenvalue weighted by Gasteiger charge is 2.33. The van der Waals surface area contributed by atoms with Gasteiger partial charge in [-0.15, -0.1) is 0 Å². The number of rotatable bonds is 4. The number of hydrogen-bond donors (Lipinski definition) is 3. The van der Waals surface area contributed by atoms with E-state index in [-0.39, 0.29) is 11.1 Å². The molecule has 0 aliphatic carbocycles. The van der Waals surface area contributed by atoms with E-state index in [1.54, 1.807) is 0 Å². The zero-order valence-electron chi connectivity index (χ0n) is 11.0.